The molecule has 1 aliphatic heterocycles. The standard InChI is InChI=1S/C11H14N/c1-11(2)7-8-12-10-6-4-3-5-9(10)11/h3-5,12H,7-8H2,1-2H3. The van der Waals surface area contributed by atoms with Gasteiger partial charge in [-0.05, 0) is 17.4 Å². The van der Waals surface area contributed by atoms with Crippen LogP contribution in [-0.2, 0) is 5.41 Å². The molecule has 1 aromatic rings. The van der Waals surface area contributed by atoms with Gasteiger partial charge in [-0.2, -0.15) is 0 Å². The molecule has 0 amide bonds. The van der Waals surface area contributed by atoms with Crippen molar-refractivity contribution in [2.75, 3.05) is 11.9 Å². The van der Waals surface area contributed by atoms with Crippen molar-refractivity contribution >= 4 is 5.69 Å². The Bertz CT molecular complexity index is 289. The molecule has 63 valence electrons. The third-order valence-corrected chi connectivity index (χ3v) is 2.64. The van der Waals surface area contributed by atoms with Crippen LogP contribution in [0, 0.1) is 6.07 Å². The summed E-state index contributed by atoms with van der Waals surface area (Å²) in [6.07, 6.45) is 1.21. The van der Waals surface area contributed by atoms with Crippen molar-refractivity contribution in [3.63, 3.8) is 0 Å². The number of para-hydroxylation sites is 1. The fourth-order valence-corrected chi connectivity index (χ4v) is 1.78. The highest BCUT2D eigenvalue weighted by Crippen LogP contribution is 2.35. The number of fused-ring (bicyclic) bond motifs is 1. The molecular formula is C11H14N. The largest absolute Gasteiger partial charge is 0.384 e. The van der Waals surface area contributed by atoms with Gasteiger partial charge in [0.25, 0.3) is 0 Å². The summed E-state index contributed by atoms with van der Waals surface area (Å²) in [5.74, 6) is 0. The van der Waals surface area contributed by atoms with Crippen LogP contribution >= 0.6 is 0 Å². The molecular weight excluding hydrogens is 146 g/mol. The van der Waals surface area contributed by atoms with Crippen molar-refractivity contribution < 1.29 is 0 Å². The molecule has 1 heterocycles. The predicted octanol–water partition coefficient (Wildman–Crippen LogP) is 2.58. The molecule has 12 heavy (non-hydrogen) atoms. The molecule has 0 unspecified atom stereocenters. The summed E-state index contributed by atoms with van der Waals surface area (Å²) in [5.41, 5.74) is 2.91. The maximum Gasteiger partial charge on any atom is 0.0458 e. The lowest BCUT2D eigenvalue weighted by Gasteiger charge is -2.32. The molecule has 0 saturated carbocycles. The molecule has 0 fully saturated rings. The van der Waals surface area contributed by atoms with Crippen LogP contribution in [0.3, 0.4) is 0 Å². The summed E-state index contributed by atoms with van der Waals surface area (Å²) >= 11 is 0. The second-order valence-electron chi connectivity index (χ2n) is 4.02. The summed E-state index contributed by atoms with van der Waals surface area (Å²) in [5, 5.41) is 3.36. The summed E-state index contributed by atoms with van der Waals surface area (Å²) in [4.78, 5) is 0. The zero-order valence-corrected chi connectivity index (χ0v) is 7.65. The first-order chi connectivity index (χ1) is 5.70. The molecule has 0 spiro atoms. The van der Waals surface area contributed by atoms with Crippen molar-refractivity contribution in [2.24, 2.45) is 0 Å². The Hall–Kier alpha value is -0.980. The Morgan fingerprint density at radius 3 is 3.08 bits per heavy atom. The van der Waals surface area contributed by atoms with E-state index in [2.05, 4.69) is 37.4 Å². The summed E-state index contributed by atoms with van der Waals surface area (Å²) in [6.45, 7) is 5.65. The maximum atomic E-state index is 3.36. The van der Waals surface area contributed by atoms with E-state index in [1.807, 2.05) is 6.07 Å². The molecule has 2 rings (SSSR count). The van der Waals surface area contributed by atoms with Gasteiger partial charge in [0, 0.05) is 18.3 Å². The third kappa shape index (κ3) is 1.09. The summed E-state index contributed by atoms with van der Waals surface area (Å²) in [6, 6.07) is 9.45. The van der Waals surface area contributed by atoms with Crippen LogP contribution < -0.4 is 5.32 Å². The molecule has 1 aromatic carbocycles. The molecule has 0 saturated heterocycles. The second kappa shape index (κ2) is 2.51. The van der Waals surface area contributed by atoms with E-state index < -0.39 is 0 Å². The Morgan fingerprint density at radius 2 is 2.33 bits per heavy atom. The van der Waals surface area contributed by atoms with Crippen LogP contribution in [0.25, 0.3) is 0 Å². The summed E-state index contributed by atoms with van der Waals surface area (Å²) in [7, 11) is 0. The highest BCUT2D eigenvalue weighted by Gasteiger charge is 2.26. The van der Waals surface area contributed by atoms with Crippen molar-refractivity contribution in [1.82, 2.24) is 0 Å². The number of hydrogen-bond acceptors (Lipinski definition) is 1. The van der Waals surface area contributed by atoms with Crippen LogP contribution in [0.15, 0.2) is 18.2 Å². The normalized spacial score (nSPS) is 19.5. The zero-order chi connectivity index (χ0) is 8.60. The smallest absolute Gasteiger partial charge is 0.0458 e. The minimum Gasteiger partial charge on any atom is -0.384 e. The second-order valence-corrected chi connectivity index (χ2v) is 4.02. The third-order valence-electron chi connectivity index (χ3n) is 2.64. The Morgan fingerprint density at radius 1 is 1.50 bits per heavy atom. The number of anilines is 1. The molecule has 0 atom stereocenters. The van der Waals surface area contributed by atoms with E-state index >= 15 is 0 Å². The Kier molecular flexibility index (Phi) is 1.60. The van der Waals surface area contributed by atoms with E-state index in [0.29, 0.717) is 5.41 Å². The van der Waals surface area contributed by atoms with E-state index in [-0.39, 0.29) is 0 Å². The van der Waals surface area contributed by atoms with Gasteiger partial charge in [0.1, 0.15) is 0 Å². The molecule has 1 heteroatoms. The van der Waals surface area contributed by atoms with Gasteiger partial charge in [0.05, 0.1) is 0 Å². The Labute approximate surface area is 73.8 Å². The SMILES string of the molecule is CC1(C)CCNc2[c]cccc21. The van der Waals surface area contributed by atoms with Crippen LogP contribution in [0.4, 0.5) is 5.69 Å². The van der Waals surface area contributed by atoms with Gasteiger partial charge < -0.3 is 5.32 Å². The zero-order valence-electron chi connectivity index (χ0n) is 7.65. The highest BCUT2D eigenvalue weighted by molar-refractivity contribution is 5.55. The summed E-state index contributed by atoms with van der Waals surface area (Å²) < 4.78 is 0. The minimum absolute atomic E-state index is 0.318. The molecule has 0 aliphatic carbocycles. The van der Waals surface area contributed by atoms with Gasteiger partial charge in [-0.3, -0.25) is 0 Å². The van der Waals surface area contributed by atoms with Gasteiger partial charge in [-0.15, -0.1) is 0 Å². The van der Waals surface area contributed by atoms with Gasteiger partial charge in [0.2, 0.25) is 0 Å². The number of nitrogens with one attached hydrogen (secondary N) is 1. The van der Waals surface area contributed by atoms with E-state index in [1.165, 1.54) is 17.7 Å². The van der Waals surface area contributed by atoms with E-state index in [4.69, 9.17) is 0 Å². The van der Waals surface area contributed by atoms with E-state index in [0.717, 1.165) is 6.54 Å². The topological polar surface area (TPSA) is 12.0 Å². The van der Waals surface area contributed by atoms with Gasteiger partial charge in [-0.25, -0.2) is 0 Å². The average Bonchev–Trinajstić information content (AvgIpc) is 2.04. The highest BCUT2D eigenvalue weighted by atomic mass is 14.9. The van der Waals surface area contributed by atoms with E-state index in [1.54, 1.807) is 0 Å². The van der Waals surface area contributed by atoms with Crippen molar-refractivity contribution in [1.29, 1.82) is 0 Å². The molecule has 0 bridgehead atoms. The molecule has 1 nitrogen and oxygen atoms in total. The van der Waals surface area contributed by atoms with Crippen molar-refractivity contribution in [3.05, 3.63) is 29.8 Å². The Balaban J connectivity index is 2.52. The number of rotatable bonds is 0. The lowest BCUT2D eigenvalue weighted by molar-refractivity contribution is 0.482. The van der Waals surface area contributed by atoms with E-state index in [9.17, 15) is 0 Å². The molecule has 0 aromatic heterocycles. The van der Waals surface area contributed by atoms with Crippen LogP contribution in [-0.4, -0.2) is 6.54 Å². The van der Waals surface area contributed by atoms with Gasteiger partial charge in [0.15, 0.2) is 0 Å². The fraction of sp³-hybridized carbons (Fsp3) is 0.455. The average molecular weight is 160 g/mol. The lowest BCUT2D eigenvalue weighted by Crippen LogP contribution is -2.28. The molecule has 1 radical (unpaired) electrons. The molecule has 1 N–H and O–H groups in total. The van der Waals surface area contributed by atoms with Gasteiger partial charge in [-0.1, -0.05) is 32.0 Å². The first-order valence-corrected chi connectivity index (χ1v) is 4.45. The number of benzene rings is 1. The number of hydrogen-bond donors (Lipinski definition) is 1. The fourth-order valence-electron chi connectivity index (χ4n) is 1.78. The first-order valence-electron chi connectivity index (χ1n) is 4.45. The minimum atomic E-state index is 0.318. The van der Waals surface area contributed by atoms with Crippen LogP contribution in [0.1, 0.15) is 25.8 Å². The van der Waals surface area contributed by atoms with Crippen LogP contribution in [0.2, 0.25) is 0 Å². The maximum absolute atomic E-state index is 3.36. The van der Waals surface area contributed by atoms with Gasteiger partial charge >= 0.3 is 0 Å². The van der Waals surface area contributed by atoms with Crippen molar-refractivity contribution in [3.8, 4) is 0 Å². The first kappa shape index (κ1) is 7.66. The monoisotopic (exact) mass is 160 g/mol. The van der Waals surface area contributed by atoms with Crippen molar-refractivity contribution in [2.45, 2.75) is 25.7 Å². The van der Waals surface area contributed by atoms with Crippen LogP contribution in [0.5, 0.6) is 0 Å². The predicted molar refractivity (Wildman–Crippen MR) is 51.4 cm³/mol. The molecule has 1 aliphatic rings. The lowest BCUT2D eigenvalue weighted by atomic mass is 9.78. The quantitative estimate of drug-likeness (QED) is 0.615.